The highest BCUT2D eigenvalue weighted by atomic mass is 32.2. The van der Waals surface area contributed by atoms with E-state index in [1.807, 2.05) is 0 Å². The second-order valence-corrected chi connectivity index (χ2v) is 7.13. The van der Waals surface area contributed by atoms with Gasteiger partial charge in [0, 0.05) is 19.7 Å². The number of aliphatic hydroxyl groups excluding tert-OH is 1. The number of anilines is 1. The first-order valence-electron chi connectivity index (χ1n) is 6.68. The predicted molar refractivity (Wildman–Crippen MR) is 74.5 cm³/mol. The minimum Gasteiger partial charge on any atom is -0.482 e. The fourth-order valence-electron chi connectivity index (χ4n) is 2.54. The van der Waals surface area contributed by atoms with E-state index in [1.54, 1.807) is 6.07 Å². The summed E-state index contributed by atoms with van der Waals surface area (Å²) in [4.78, 5) is 11.4. The van der Waals surface area contributed by atoms with Gasteiger partial charge in [-0.15, -0.1) is 0 Å². The average Bonchev–Trinajstić information content (AvgIpc) is 2.96. The molecule has 1 aromatic carbocycles. The van der Waals surface area contributed by atoms with Gasteiger partial charge >= 0.3 is 0 Å². The molecular weight excluding hydrogens is 296 g/mol. The summed E-state index contributed by atoms with van der Waals surface area (Å²) in [7, 11) is -3.62. The van der Waals surface area contributed by atoms with Crippen molar-refractivity contribution in [3.63, 3.8) is 0 Å². The normalized spacial score (nSPS) is 22.5. The van der Waals surface area contributed by atoms with Crippen LogP contribution in [-0.4, -0.2) is 50.0 Å². The molecule has 1 saturated heterocycles. The van der Waals surface area contributed by atoms with Crippen LogP contribution in [0, 0.1) is 5.92 Å². The molecule has 1 aromatic rings. The lowest BCUT2D eigenvalue weighted by molar-refractivity contribution is -0.118. The number of amides is 1. The van der Waals surface area contributed by atoms with Crippen molar-refractivity contribution in [2.75, 3.05) is 31.6 Å². The molecule has 1 unspecified atom stereocenters. The Morgan fingerprint density at radius 2 is 2.24 bits per heavy atom. The molecule has 2 heterocycles. The van der Waals surface area contributed by atoms with Crippen molar-refractivity contribution in [3.8, 4) is 5.75 Å². The van der Waals surface area contributed by atoms with Crippen molar-refractivity contribution in [3.05, 3.63) is 18.2 Å². The number of carbonyl (C=O) groups is 1. The van der Waals surface area contributed by atoms with E-state index in [0.717, 1.165) is 0 Å². The molecule has 1 atom stereocenters. The summed E-state index contributed by atoms with van der Waals surface area (Å²) < 4.78 is 31.7. The molecular formula is C13H16N2O5S. The second kappa shape index (κ2) is 5.28. The number of fused-ring (bicyclic) bond motifs is 1. The van der Waals surface area contributed by atoms with E-state index in [0.29, 0.717) is 30.9 Å². The van der Waals surface area contributed by atoms with Crippen molar-refractivity contribution in [2.45, 2.75) is 11.3 Å². The van der Waals surface area contributed by atoms with E-state index in [9.17, 15) is 13.2 Å². The molecule has 2 N–H and O–H groups in total. The highest BCUT2D eigenvalue weighted by Gasteiger charge is 2.33. The number of aliphatic hydroxyl groups is 1. The van der Waals surface area contributed by atoms with Crippen LogP contribution in [0.3, 0.4) is 0 Å². The number of hydrogen-bond acceptors (Lipinski definition) is 5. The monoisotopic (exact) mass is 312 g/mol. The lowest BCUT2D eigenvalue weighted by Gasteiger charge is -2.20. The number of sulfonamides is 1. The summed E-state index contributed by atoms with van der Waals surface area (Å²) in [5.74, 6) is 0.141. The number of nitrogens with zero attached hydrogens (tertiary/aromatic N) is 1. The van der Waals surface area contributed by atoms with Gasteiger partial charge in [-0.25, -0.2) is 8.42 Å². The number of carbonyl (C=O) groups excluding carboxylic acids is 1. The largest absolute Gasteiger partial charge is 0.482 e. The van der Waals surface area contributed by atoms with Gasteiger partial charge in [-0.2, -0.15) is 4.31 Å². The molecule has 0 aromatic heterocycles. The van der Waals surface area contributed by atoms with E-state index in [1.165, 1.54) is 16.4 Å². The Morgan fingerprint density at radius 3 is 2.95 bits per heavy atom. The van der Waals surface area contributed by atoms with Crippen molar-refractivity contribution in [1.29, 1.82) is 0 Å². The van der Waals surface area contributed by atoms with Gasteiger partial charge in [0.2, 0.25) is 10.0 Å². The van der Waals surface area contributed by atoms with Crippen LogP contribution in [-0.2, 0) is 14.8 Å². The van der Waals surface area contributed by atoms with Crippen LogP contribution >= 0.6 is 0 Å². The Labute approximate surface area is 122 Å². The van der Waals surface area contributed by atoms with Gasteiger partial charge in [-0.05, 0) is 30.5 Å². The second-order valence-electron chi connectivity index (χ2n) is 5.20. The average molecular weight is 312 g/mol. The fraction of sp³-hybridized carbons (Fsp3) is 0.462. The summed E-state index contributed by atoms with van der Waals surface area (Å²) in [6.45, 7) is 0.635. The Morgan fingerprint density at radius 1 is 1.43 bits per heavy atom. The molecule has 7 nitrogen and oxygen atoms in total. The Kier molecular flexibility index (Phi) is 3.60. The van der Waals surface area contributed by atoms with E-state index in [-0.39, 0.29) is 29.9 Å². The minimum absolute atomic E-state index is 0.0135. The molecule has 0 saturated carbocycles. The molecule has 1 fully saturated rings. The minimum atomic E-state index is -3.62. The van der Waals surface area contributed by atoms with Crippen LogP contribution in [0.15, 0.2) is 23.1 Å². The van der Waals surface area contributed by atoms with E-state index in [4.69, 9.17) is 9.84 Å². The zero-order valence-electron chi connectivity index (χ0n) is 11.3. The summed E-state index contributed by atoms with van der Waals surface area (Å²) in [5.41, 5.74) is 0.366. The molecule has 2 aliphatic rings. The number of rotatable bonds is 3. The topological polar surface area (TPSA) is 95.9 Å². The summed E-state index contributed by atoms with van der Waals surface area (Å²) in [6, 6.07) is 4.42. The van der Waals surface area contributed by atoms with Gasteiger partial charge in [-0.3, -0.25) is 4.79 Å². The van der Waals surface area contributed by atoms with Gasteiger partial charge in [-0.1, -0.05) is 0 Å². The lowest BCUT2D eigenvalue weighted by Crippen LogP contribution is -2.30. The highest BCUT2D eigenvalue weighted by Crippen LogP contribution is 2.32. The van der Waals surface area contributed by atoms with E-state index >= 15 is 0 Å². The first-order chi connectivity index (χ1) is 10.0. The SMILES string of the molecule is O=C1COc2ccc(S(=O)(=O)N3CCC(CO)C3)cc2N1. The quantitative estimate of drug-likeness (QED) is 0.820. The zero-order valence-corrected chi connectivity index (χ0v) is 12.1. The third-order valence-electron chi connectivity index (χ3n) is 3.73. The lowest BCUT2D eigenvalue weighted by atomic mass is 10.1. The van der Waals surface area contributed by atoms with Crippen LogP contribution in [0.4, 0.5) is 5.69 Å². The maximum Gasteiger partial charge on any atom is 0.262 e. The fourth-order valence-corrected chi connectivity index (χ4v) is 4.09. The maximum absolute atomic E-state index is 12.6. The maximum atomic E-state index is 12.6. The van der Waals surface area contributed by atoms with E-state index in [2.05, 4.69) is 5.32 Å². The molecule has 0 spiro atoms. The van der Waals surface area contributed by atoms with Crippen LogP contribution in [0.1, 0.15) is 6.42 Å². The molecule has 21 heavy (non-hydrogen) atoms. The number of benzene rings is 1. The molecule has 0 bridgehead atoms. The Balaban J connectivity index is 1.89. The number of ether oxygens (including phenoxy) is 1. The highest BCUT2D eigenvalue weighted by molar-refractivity contribution is 7.89. The van der Waals surface area contributed by atoms with E-state index < -0.39 is 10.0 Å². The zero-order chi connectivity index (χ0) is 15.0. The predicted octanol–water partition coefficient (Wildman–Crippen LogP) is 0.0204. The number of nitrogens with one attached hydrogen (secondary N) is 1. The summed E-state index contributed by atoms with van der Waals surface area (Å²) in [5, 5.41) is 11.7. The van der Waals surface area contributed by atoms with Crippen molar-refractivity contribution in [1.82, 2.24) is 4.31 Å². The third kappa shape index (κ3) is 2.61. The Bertz CT molecular complexity index is 673. The molecule has 0 aliphatic carbocycles. The molecule has 0 radical (unpaired) electrons. The van der Waals surface area contributed by atoms with Crippen molar-refractivity contribution < 1.29 is 23.1 Å². The van der Waals surface area contributed by atoms with Crippen molar-refractivity contribution >= 4 is 21.6 Å². The van der Waals surface area contributed by atoms with Gasteiger partial charge in [0.15, 0.2) is 6.61 Å². The first kappa shape index (κ1) is 14.3. The van der Waals surface area contributed by atoms with Gasteiger partial charge in [0.25, 0.3) is 5.91 Å². The van der Waals surface area contributed by atoms with Gasteiger partial charge in [0.05, 0.1) is 10.6 Å². The van der Waals surface area contributed by atoms with Crippen LogP contribution in [0.2, 0.25) is 0 Å². The first-order valence-corrected chi connectivity index (χ1v) is 8.12. The summed E-state index contributed by atoms with van der Waals surface area (Å²) >= 11 is 0. The van der Waals surface area contributed by atoms with Crippen LogP contribution in [0.25, 0.3) is 0 Å². The van der Waals surface area contributed by atoms with Gasteiger partial charge < -0.3 is 15.2 Å². The van der Waals surface area contributed by atoms with Gasteiger partial charge in [0.1, 0.15) is 5.75 Å². The van der Waals surface area contributed by atoms with Crippen LogP contribution in [0.5, 0.6) is 5.75 Å². The molecule has 1 amide bonds. The molecule has 114 valence electrons. The smallest absolute Gasteiger partial charge is 0.262 e. The number of hydrogen-bond donors (Lipinski definition) is 2. The Hall–Kier alpha value is -1.64. The molecule has 8 heteroatoms. The van der Waals surface area contributed by atoms with Crippen molar-refractivity contribution in [2.24, 2.45) is 5.92 Å². The standard InChI is InChI=1S/C13H16N2O5S/c16-7-9-3-4-15(6-9)21(18,19)10-1-2-12-11(5-10)14-13(17)8-20-12/h1-2,5,9,16H,3-4,6-8H2,(H,14,17). The molecule has 3 rings (SSSR count). The summed E-state index contributed by atoms with van der Waals surface area (Å²) in [6.07, 6.45) is 0.653. The molecule has 2 aliphatic heterocycles. The third-order valence-corrected chi connectivity index (χ3v) is 5.59. The van der Waals surface area contributed by atoms with Crippen LogP contribution < -0.4 is 10.1 Å².